The van der Waals surface area contributed by atoms with E-state index in [9.17, 15) is 4.79 Å². The zero-order valence-corrected chi connectivity index (χ0v) is 11.6. The Labute approximate surface area is 117 Å². The predicted octanol–water partition coefficient (Wildman–Crippen LogP) is 3.79. The third-order valence-corrected chi connectivity index (χ3v) is 3.35. The van der Waals surface area contributed by atoms with E-state index in [-0.39, 0.29) is 5.91 Å². The highest BCUT2D eigenvalue weighted by atomic mass is 35.5. The van der Waals surface area contributed by atoms with Crippen molar-refractivity contribution >= 4 is 28.9 Å². The van der Waals surface area contributed by atoms with Crippen molar-refractivity contribution in [3.63, 3.8) is 0 Å². The summed E-state index contributed by atoms with van der Waals surface area (Å²) >= 11 is 5.90. The number of nitrogens with one attached hydrogen (secondary N) is 1. The maximum Gasteiger partial charge on any atom is 0.255 e. The van der Waals surface area contributed by atoms with Crippen molar-refractivity contribution in [2.75, 3.05) is 11.1 Å². The lowest BCUT2D eigenvalue weighted by molar-refractivity contribution is 0.102. The van der Waals surface area contributed by atoms with Crippen molar-refractivity contribution in [1.29, 1.82) is 0 Å². The van der Waals surface area contributed by atoms with Gasteiger partial charge in [-0.25, -0.2) is 0 Å². The van der Waals surface area contributed by atoms with Crippen LogP contribution in [0.2, 0.25) is 5.02 Å². The van der Waals surface area contributed by atoms with Gasteiger partial charge in [-0.05, 0) is 49.2 Å². The number of rotatable bonds is 2. The third-order valence-electron chi connectivity index (χ3n) is 3.11. The number of carbonyl (C=O) groups is 1. The van der Waals surface area contributed by atoms with E-state index in [1.54, 1.807) is 24.3 Å². The molecule has 0 saturated heterocycles. The molecule has 1 amide bonds. The molecule has 0 aliphatic rings. The second kappa shape index (κ2) is 5.33. The summed E-state index contributed by atoms with van der Waals surface area (Å²) in [5.74, 6) is -0.185. The van der Waals surface area contributed by atoms with Crippen molar-refractivity contribution in [3.05, 3.63) is 58.1 Å². The van der Waals surface area contributed by atoms with Crippen LogP contribution in [0.4, 0.5) is 11.4 Å². The molecule has 0 bridgehead atoms. The molecule has 2 aromatic rings. The molecular weight excluding hydrogens is 260 g/mol. The molecule has 19 heavy (non-hydrogen) atoms. The minimum atomic E-state index is -0.185. The van der Waals surface area contributed by atoms with E-state index in [0.717, 1.165) is 11.1 Å². The van der Waals surface area contributed by atoms with Gasteiger partial charge in [0.1, 0.15) is 0 Å². The smallest absolute Gasteiger partial charge is 0.255 e. The fourth-order valence-electron chi connectivity index (χ4n) is 1.82. The Balaban J connectivity index is 2.31. The summed E-state index contributed by atoms with van der Waals surface area (Å²) in [6, 6.07) is 10.6. The van der Waals surface area contributed by atoms with Crippen molar-refractivity contribution in [1.82, 2.24) is 0 Å². The van der Waals surface area contributed by atoms with Crippen molar-refractivity contribution in [3.8, 4) is 0 Å². The number of carbonyl (C=O) groups excluding carboxylic acids is 1. The molecular formula is C15H15ClN2O. The number of halogens is 1. The summed E-state index contributed by atoms with van der Waals surface area (Å²) in [4.78, 5) is 12.2. The van der Waals surface area contributed by atoms with Gasteiger partial charge in [-0.2, -0.15) is 0 Å². The molecule has 0 aliphatic carbocycles. The molecule has 0 spiro atoms. The largest absolute Gasteiger partial charge is 0.397 e. The number of benzene rings is 2. The van der Waals surface area contributed by atoms with Crippen LogP contribution in [0, 0.1) is 13.8 Å². The second-order valence-electron chi connectivity index (χ2n) is 4.43. The van der Waals surface area contributed by atoms with Crippen molar-refractivity contribution in [2.24, 2.45) is 0 Å². The molecule has 0 heterocycles. The highest BCUT2D eigenvalue weighted by molar-refractivity contribution is 6.31. The molecule has 0 fully saturated rings. The fourth-order valence-corrected chi connectivity index (χ4v) is 2.00. The van der Waals surface area contributed by atoms with Crippen LogP contribution in [0.3, 0.4) is 0 Å². The standard InChI is InChI=1S/C15H15ClN2O/c1-9-4-3-5-12(10(9)2)15(19)18-14-8-11(16)6-7-13(14)17/h3-8H,17H2,1-2H3,(H,18,19). The number of nitrogens with two attached hydrogens (primary N) is 1. The molecule has 2 aromatic carbocycles. The number of amides is 1. The van der Waals surface area contributed by atoms with Crippen molar-refractivity contribution < 1.29 is 4.79 Å². The van der Waals surface area contributed by atoms with Gasteiger partial charge >= 0.3 is 0 Å². The predicted molar refractivity (Wildman–Crippen MR) is 79.7 cm³/mol. The summed E-state index contributed by atoms with van der Waals surface area (Å²) < 4.78 is 0. The van der Waals surface area contributed by atoms with Gasteiger partial charge in [0.15, 0.2) is 0 Å². The maximum atomic E-state index is 12.2. The second-order valence-corrected chi connectivity index (χ2v) is 4.87. The van der Waals surface area contributed by atoms with Crippen LogP contribution in [-0.2, 0) is 0 Å². The first-order valence-corrected chi connectivity index (χ1v) is 6.29. The van der Waals surface area contributed by atoms with E-state index in [1.165, 1.54) is 0 Å². The Morgan fingerprint density at radius 1 is 1.21 bits per heavy atom. The highest BCUT2D eigenvalue weighted by Crippen LogP contribution is 2.24. The average molecular weight is 275 g/mol. The van der Waals surface area contributed by atoms with Crippen LogP contribution in [0.15, 0.2) is 36.4 Å². The lowest BCUT2D eigenvalue weighted by atomic mass is 10.0. The number of hydrogen-bond acceptors (Lipinski definition) is 2. The van der Waals surface area contributed by atoms with Gasteiger partial charge in [0.2, 0.25) is 0 Å². The van der Waals surface area contributed by atoms with Crippen LogP contribution in [0.25, 0.3) is 0 Å². The minimum Gasteiger partial charge on any atom is -0.397 e. The van der Waals surface area contributed by atoms with Crippen molar-refractivity contribution in [2.45, 2.75) is 13.8 Å². The summed E-state index contributed by atoms with van der Waals surface area (Å²) in [6.45, 7) is 3.89. The van der Waals surface area contributed by atoms with Gasteiger partial charge in [0.05, 0.1) is 11.4 Å². The van der Waals surface area contributed by atoms with E-state index < -0.39 is 0 Å². The topological polar surface area (TPSA) is 55.1 Å². The van der Waals surface area contributed by atoms with Gasteiger partial charge in [0, 0.05) is 10.6 Å². The van der Waals surface area contributed by atoms with E-state index in [4.69, 9.17) is 17.3 Å². The SMILES string of the molecule is Cc1cccc(C(=O)Nc2cc(Cl)ccc2N)c1C. The number of anilines is 2. The molecule has 0 atom stereocenters. The Bertz CT molecular complexity index is 638. The molecule has 3 N–H and O–H groups in total. The Morgan fingerprint density at radius 2 is 1.95 bits per heavy atom. The van der Waals surface area contributed by atoms with Crippen LogP contribution in [-0.4, -0.2) is 5.91 Å². The normalized spacial score (nSPS) is 10.3. The Morgan fingerprint density at radius 3 is 2.68 bits per heavy atom. The van der Waals surface area contributed by atoms with E-state index in [0.29, 0.717) is 22.0 Å². The van der Waals surface area contributed by atoms with E-state index in [2.05, 4.69) is 5.32 Å². The molecule has 98 valence electrons. The minimum absolute atomic E-state index is 0.185. The Kier molecular flexibility index (Phi) is 3.76. The molecule has 2 rings (SSSR count). The average Bonchev–Trinajstić information content (AvgIpc) is 2.37. The van der Waals surface area contributed by atoms with Gasteiger partial charge < -0.3 is 11.1 Å². The molecule has 4 heteroatoms. The van der Waals surface area contributed by atoms with E-state index >= 15 is 0 Å². The first-order valence-electron chi connectivity index (χ1n) is 5.91. The quantitative estimate of drug-likeness (QED) is 0.819. The van der Waals surface area contributed by atoms with Crippen LogP contribution >= 0.6 is 11.6 Å². The third kappa shape index (κ3) is 2.88. The monoisotopic (exact) mass is 274 g/mol. The summed E-state index contributed by atoms with van der Waals surface area (Å²) in [6.07, 6.45) is 0. The van der Waals surface area contributed by atoms with Gasteiger partial charge in [-0.3, -0.25) is 4.79 Å². The molecule has 0 aromatic heterocycles. The summed E-state index contributed by atoms with van der Waals surface area (Å²) in [5, 5.41) is 3.32. The zero-order valence-electron chi connectivity index (χ0n) is 10.8. The summed E-state index contributed by atoms with van der Waals surface area (Å²) in [7, 11) is 0. The van der Waals surface area contributed by atoms with Gasteiger partial charge in [-0.1, -0.05) is 23.7 Å². The van der Waals surface area contributed by atoms with E-state index in [1.807, 2.05) is 26.0 Å². The van der Waals surface area contributed by atoms with Gasteiger partial charge in [0.25, 0.3) is 5.91 Å². The lowest BCUT2D eigenvalue weighted by Gasteiger charge is -2.11. The molecule has 0 saturated carbocycles. The zero-order chi connectivity index (χ0) is 14.0. The molecule has 0 aliphatic heterocycles. The summed E-state index contributed by atoms with van der Waals surface area (Å²) in [5.41, 5.74) is 9.50. The number of aryl methyl sites for hydroxylation is 1. The first-order chi connectivity index (χ1) is 8.99. The molecule has 0 unspecified atom stereocenters. The highest BCUT2D eigenvalue weighted by Gasteiger charge is 2.11. The first kappa shape index (κ1) is 13.4. The van der Waals surface area contributed by atoms with Gasteiger partial charge in [-0.15, -0.1) is 0 Å². The number of hydrogen-bond donors (Lipinski definition) is 2. The molecule has 0 radical (unpaired) electrons. The lowest BCUT2D eigenvalue weighted by Crippen LogP contribution is -2.15. The Hall–Kier alpha value is -2.00. The van der Waals surface area contributed by atoms with Crippen LogP contribution in [0.1, 0.15) is 21.5 Å². The fraction of sp³-hybridized carbons (Fsp3) is 0.133. The molecule has 3 nitrogen and oxygen atoms in total. The van der Waals surface area contributed by atoms with Crippen LogP contribution in [0.5, 0.6) is 0 Å². The van der Waals surface area contributed by atoms with Crippen LogP contribution < -0.4 is 11.1 Å². The number of nitrogen functional groups attached to an aromatic ring is 1. The maximum absolute atomic E-state index is 12.2.